The molecule has 14 heteroatoms. The number of aromatic carboxylic acids is 1. The summed E-state index contributed by atoms with van der Waals surface area (Å²) in [6.45, 7) is 0. The molecule has 0 aromatic heterocycles. The summed E-state index contributed by atoms with van der Waals surface area (Å²) in [7, 11) is -3.73. The first-order chi connectivity index (χ1) is 19.0. The van der Waals surface area contributed by atoms with E-state index in [0.29, 0.717) is 6.21 Å². The van der Waals surface area contributed by atoms with Crippen molar-refractivity contribution in [3.8, 4) is 0 Å². The predicted molar refractivity (Wildman–Crippen MR) is 138 cm³/mol. The van der Waals surface area contributed by atoms with Crippen molar-refractivity contribution < 1.29 is 46.2 Å². The van der Waals surface area contributed by atoms with Crippen LogP contribution in [-0.4, -0.2) is 62.1 Å². The van der Waals surface area contributed by atoms with Crippen LogP contribution in [0.2, 0.25) is 0 Å². The fourth-order valence-electron chi connectivity index (χ4n) is 3.62. The van der Waals surface area contributed by atoms with Gasteiger partial charge in [0.15, 0.2) is 12.3 Å². The molecule has 0 aliphatic rings. The number of benzene rings is 3. The number of non-ortho nitro benzene ring substituents is 1. The zero-order valence-electron chi connectivity index (χ0n) is 20.8. The van der Waals surface area contributed by atoms with Crippen molar-refractivity contribution in [3.63, 3.8) is 0 Å². The summed E-state index contributed by atoms with van der Waals surface area (Å²) < 4.78 is 52.7. The van der Waals surface area contributed by atoms with Crippen molar-refractivity contribution in [1.29, 1.82) is 0 Å². The number of rotatable bonds is 13. The van der Waals surface area contributed by atoms with E-state index in [9.17, 15) is 33.2 Å². The zero-order valence-corrected chi connectivity index (χ0v) is 21.6. The molecule has 0 bridgehead atoms. The summed E-state index contributed by atoms with van der Waals surface area (Å²) in [5.74, 6) is -2.39. The summed E-state index contributed by atoms with van der Waals surface area (Å²) in [5, 5.41) is 24.1. The Labute approximate surface area is 227 Å². The van der Waals surface area contributed by atoms with E-state index >= 15 is 4.39 Å². The van der Waals surface area contributed by atoms with Gasteiger partial charge in [-0.15, -0.1) is 0 Å². The topological polar surface area (TPSA) is 172 Å². The SMILES string of the molecule is CON=CC(F)C(OC(=O)c1ccccc1)C(Cc1ccccc1C(=O)O)OS(=O)(=O)c1cccc([N+](=O)[O-])c1. The van der Waals surface area contributed by atoms with Gasteiger partial charge in [-0.1, -0.05) is 47.6 Å². The third-order valence-electron chi connectivity index (χ3n) is 5.48. The minimum atomic E-state index is -4.85. The molecular formula is C26H23FN2O10S. The van der Waals surface area contributed by atoms with Crippen molar-refractivity contribution >= 4 is 34.0 Å². The molecule has 0 aliphatic heterocycles. The van der Waals surface area contributed by atoms with Crippen molar-refractivity contribution in [2.45, 2.75) is 29.7 Å². The third-order valence-corrected chi connectivity index (χ3v) is 6.81. The number of halogens is 1. The highest BCUT2D eigenvalue weighted by molar-refractivity contribution is 7.86. The number of hydrogen-bond acceptors (Lipinski definition) is 10. The molecule has 0 saturated carbocycles. The molecule has 40 heavy (non-hydrogen) atoms. The van der Waals surface area contributed by atoms with E-state index in [1.54, 1.807) is 6.07 Å². The van der Waals surface area contributed by atoms with Crippen molar-refractivity contribution in [2.75, 3.05) is 7.11 Å². The largest absolute Gasteiger partial charge is 0.478 e. The third kappa shape index (κ3) is 7.68. The molecule has 12 nitrogen and oxygen atoms in total. The monoisotopic (exact) mass is 574 g/mol. The Hall–Kier alpha value is -4.69. The van der Waals surface area contributed by atoms with Gasteiger partial charge < -0.3 is 14.7 Å². The average molecular weight is 575 g/mol. The Morgan fingerprint density at radius 1 is 1.07 bits per heavy atom. The number of nitrogens with zero attached hydrogens (tertiary/aromatic N) is 2. The number of esters is 1. The van der Waals surface area contributed by atoms with Crippen molar-refractivity contribution in [3.05, 3.63) is 106 Å². The molecule has 0 heterocycles. The van der Waals surface area contributed by atoms with Crippen molar-refractivity contribution in [1.82, 2.24) is 0 Å². The molecule has 3 aromatic rings. The van der Waals surface area contributed by atoms with Gasteiger partial charge in [0.2, 0.25) is 0 Å². The molecule has 0 saturated heterocycles. The number of hydrogen-bond donors (Lipinski definition) is 1. The Morgan fingerprint density at radius 3 is 2.40 bits per heavy atom. The molecule has 3 atom stereocenters. The molecule has 0 spiro atoms. The van der Waals surface area contributed by atoms with E-state index in [4.69, 9.17) is 8.92 Å². The van der Waals surface area contributed by atoms with Crippen LogP contribution in [-0.2, 0) is 30.3 Å². The van der Waals surface area contributed by atoms with Crippen LogP contribution >= 0.6 is 0 Å². The summed E-state index contributed by atoms with van der Waals surface area (Å²) in [6.07, 6.45) is -6.11. The number of nitro groups is 1. The molecule has 0 amide bonds. The van der Waals surface area contributed by atoms with Crippen LogP contribution in [0.4, 0.5) is 10.1 Å². The number of nitro benzene ring substituents is 1. The van der Waals surface area contributed by atoms with Crippen LogP contribution in [0.5, 0.6) is 0 Å². The van der Waals surface area contributed by atoms with Crippen LogP contribution in [0.25, 0.3) is 0 Å². The van der Waals surface area contributed by atoms with Crippen LogP contribution in [0.3, 0.4) is 0 Å². The summed E-state index contributed by atoms with van der Waals surface area (Å²) in [6, 6.07) is 16.9. The fraction of sp³-hybridized carbons (Fsp3) is 0.192. The first-order valence-electron chi connectivity index (χ1n) is 11.5. The number of oxime groups is 1. The highest BCUT2D eigenvalue weighted by Gasteiger charge is 2.38. The van der Waals surface area contributed by atoms with E-state index in [-0.39, 0.29) is 16.7 Å². The first-order valence-corrected chi connectivity index (χ1v) is 12.9. The molecule has 3 rings (SSSR count). The molecule has 1 N–H and O–H groups in total. The Bertz CT molecular complexity index is 1500. The molecule has 3 unspecified atom stereocenters. The highest BCUT2D eigenvalue weighted by atomic mass is 32.2. The Morgan fingerprint density at radius 2 is 1.75 bits per heavy atom. The van der Waals surface area contributed by atoms with E-state index in [1.165, 1.54) is 48.5 Å². The van der Waals surface area contributed by atoms with Gasteiger partial charge in [-0.2, -0.15) is 8.42 Å². The molecule has 0 fully saturated rings. The van der Waals surface area contributed by atoms with Gasteiger partial charge in [0, 0.05) is 18.6 Å². The number of ether oxygens (including phenoxy) is 1. The maximum atomic E-state index is 15.5. The van der Waals surface area contributed by atoms with E-state index in [2.05, 4.69) is 9.99 Å². The van der Waals surface area contributed by atoms with Crippen molar-refractivity contribution in [2.24, 2.45) is 5.16 Å². The second kappa shape index (κ2) is 13.4. The number of carboxylic acids is 1. The lowest BCUT2D eigenvalue weighted by molar-refractivity contribution is -0.385. The van der Waals surface area contributed by atoms with Crippen LogP contribution in [0.15, 0.2) is 88.9 Å². The molecule has 0 radical (unpaired) electrons. The highest BCUT2D eigenvalue weighted by Crippen LogP contribution is 2.26. The smallest absolute Gasteiger partial charge is 0.338 e. The lowest BCUT2D eigenvalue weighted by Gasteiger charge is -2.28. The summed E-state index contributed by atoms with van der Waals surface area (Å²) in [4.78, 5) is 38.9. The van der Waals surface area contributed by atoms with Gasteiger partial charge in [-0.25, -0.2) is 14.0 Å². The molecule has 0 aliphatic carbocycles. The van der Waals surface area contributed by atoms with Gasteiger partial charge >= 0.3 is 11.9 Å². The van der Waals surface area contributed by atoms with Crippen LogP contribution in [0, 0.1) is 10.1 Å². The number of alkyl halides is 1. The average Bonchev–Trinajstić information content (AvgIpc) is 2.94. The zero-order chi connectivity index (χ0) is 29.3. The van der Waals surface area contributed by atoms with Gasteiger partial charge in [0.25, 0.3) is 15.8 Å². The van der Waals surface area contributed by atoms with Gasteiger partial charge in [-0.3, -0.25) is 14.3 Å². The van der Waals surface area contributed by atoms with E-state index in [1.807, 2.05) is 0 Å². The second-order valence-electron chi connectivity index (χ2n) is 8.13. The van der Waals surface area contributed by atoms with Gasteiger partial charge in [0.1, 0.15) is 18.1 Å². The number of carbonyl (C=O) groups is 2. The second-order valence-corrected chi connectivity index (χ2v) is 9.70. The maximum Gasteiger partial charge on any atom is 0.338 e. The minimum absolute atomic E-state index is 0.00890. The van der Waals surface area contributed by atoms with E-state index < -0.39 is 62.4 Å². The lowest BCUT2D eigenvalue weighted by Crippen LogP contribution is -2.44. The van der Waals surface area contributed by atoms with E-state index in [0.717, 1.165) is 31.4 Å². The first kappa shape index (κ1) is 29.9. The van der Waals surface area contributed by atoms with Crippen LogP contribution in [0.1, 0.15) is 26.3 Å². The molecular weight excluding hydrogens is 551 g/mol. The minimum Gasteiger partial charge on any atom is -0.478 e. The fourth-order valence-corrected chi connectivity index (χ4v) is 4.74. The van der Waals surface area contributed by atoms with Gasteiger partial charge in [-0.05, 0) is 29.8 Å². The Kier molecular flexibility index (Phi) is 10.00. The van der Waals surface area contributed by atoms with Crippen LogP contribution < -0.4 is 0 Å². The Balaban J connectivity index is 2.11. The lowest BCUT2D eigenvalue weighted by atomic mass is 9.97. The summed E-state index contributed by atoms with van der Waals surface area (Å²) in [5.41, 5.74) is -0.751. The maximum absolute atomic E-state index is 15.5. The predicted octanol–water partition coefficient (Wildman–Crippen LogP) is 3.81. The van der Waals surface area contributed by atoms with Gasteiger partial charge in [0.05, 0.1) is 22.3 Å². The standard InChI is InChI=1S/C26H23FN2O10S/c1-37-28-16-22(27)24(38-26(32)17-8-3-2-4-9-17)23(14-18-10-5-6-13-21(18)25(30)31)39-40(35,36)20-12-7-11-19(15-20)29(33)34/h2-13,15-16,22-24H,14H2,1H3,(H,30,31). The summed E-state index contributed by atoms with van der Waals surface area (Å²) >= 11 is 0. The number of carboxylic acid groups (broad SMARTS) is 1. The quantitative estimate of drug-likeness (QED) is 0.104. The molecule has 210 valence electrons. The number of carbonyl (C=O) groups excluding carboxylic acids is 1. The molecule has 3 aromatic carbocycles. The normalized spacial score (nSPS) is 13.8.